The summed E-state index contributed by atoms with van der Waals surface area (Å²) in [6.45, 7) is -0.474. The van der Waals surface area contributed by atoms with Crippen LogP contribution >= 0.6 is 11.3 Å². The lowest BCUT2D eigenvalue weighted by Gasteiger charge is -2.11. The lowest BCUT2D eigenvalue weighted by molar-refractivity contribution is -0.119. The summed E-state index contributed by atoms with van der Waals surface area (Å²) in [6, 6.07) is 14.7. The minimum atomic E-state index is -0.625. The minimum absolute atomic E-state index is 0.304. The van der Waals surface area contributed by atoms with E-state index in [0.29, 0.717) is 27.5 Å². The summed E-state index contributed by atoms with van der Waals surface area (Å²) in [5.74, 6) is -0.902. The molecule has 5 rings (SSSR count). The summed E-state index contributed by atoms with van der Waals surface area (Å²) in [7, 11) is 1.34. The molecule has 0 bridgehead atoms. The molecule has 0 spiro atoms. The van der Waals surface area contributed by atoms with E-state index in [0.717, 1.165) is 60.0 Å². The molecular formula is C28H27N3O5S. The number of fused-ring (bicyclic) bond motifs is 2. The van der Waals surface area contributed by atoms with Crippen LogP contribution < -0.4 is 5.32 Å². The van der Waals surface area contributed by atoms with E-state index in [4.69, 9.17) is 9.47 Å². The standard InChI is InChI=1S/C28H27N3O5S/c1-35-28(34)24-19-11-7-2-3-8-12-22(19)37-26(24)31-23(32)16-36-27(33)18-13-14-20-21(15-18)30-25(29-20)17-9-5-4-6-10-17/h4-6,9-10,13-15H,2-3,7-8,11-12,16H2,1H3,(H,29,30)(H,31,32). The number of anilines is 1. The van der Waals surface area contributed by atoms with E-state index in [-0.39, 0.29) is 0 Å². The largest absolute Gasteiger partial charge is 0.465 e. The number of esters is 2. The maximum absolute atomic E-state index is 12.7. The summed E-state index contributed by atoms with van der Waals surface area (Å²) in [5.41, 5.74) is 4.04. The molecule has 4 aromatic rings. The third kappa shape index (κ3) is 5.41. The fraction of sp³-hybridized carbons (Fsp3) is 0.286. The Bertz CT molecular complexity index is 1460. The Morgan fingerprint density at radius 2 is 1.78 bits per heavy atom. The first kappa shape index (κ1) is 24.7. The normalized spacial score (nSPS) is 13.3. The van der Waals surface area contributed by atoms with E-state index in [1.165, 1.54) is 18.4 Å². The molecule has 37 heavy (non-hydrogen) atoms. The Balaban J connectivity index is 1.27. The van der Waals surface area contributed by atoms with Crippen molar-refractivity contribution in [1.82, 2.24) is 9.97 Å². The monoisotopic (exact) mass is 517 g/mol. The number of nitrogens with zero attached hydrogens (tertiary/aromatic N) is 1. The summed E-state index contributed by atoms with van der Waals surface area (Å²) in [4.78, 5) is 46.8. The molecule has 0 aliphatic heterocycles. The van der Waals surface area contributed by atoms with Crippen molar-refractivity contribution in [3.05, 3.63) is 70.1 Å². The number of carbonyl (C=O) groups excluding carboxylic acids is 3. The number of imidazole rings is 1. The van der Waals surface area contributed by atoms with E-state index >= 15 is 0 Å². The molecule has 190 valence electrons. The van der Waals surface area contributed by atoms with E-state index in [1.54, 1.807) is 18.2 Å². The highest BCUT2D eigenvalue weighted by Gasteiger charge is 2.26. The quantitative estimate of drug-likeness (QED) is 0.325. The average Bonchev–Trinajstić information content (AvgIpc) is 3.48. The van der Waals surface area contributed by atoms with E-state index < -0.39 is 24.5 Å². The fourth-order valence-corrected chi connectivity index (χ4v) is 5.87. The van der Waals surface area contributed by atoms with Gasteiger partial charge in [0.05, 0.1) is 29.3 Å². The second-order valence-corrected chi connectivity index (χ2v) is 10.0. The van der Waals surface area contributed by atoms with Crippen molar-refractivity contribution in [3.8, 4) is 11.4 Å². The summed E-state index contributed by atoms with van der Waals surface area (Å²) in [6.07, 6.45) is 5.96. The van der Waals surface area contributed by atoms with E-state index in [2.05, 4.69) is 15.3 Å². The molecule has 8 nitrogen and oxygen atoms in total. The zero-order valence-corrected chi connectivity index (χ0v) is 21.3. The van der Waals surface area contributed by atoms with Crippen molar-refractivity contribution in [2.24, 2.45) is 0 Å². The van der Waals surface area contributed by atoms with Crippen molar-refractivity contribution >= 4 is 45.2 Å². The van der Waals surface area contributed by atoms with Gasteiger partial charge < -0.3 is 19.8 Å². The molecule has 9 heteroatoms. The van der Waals surface area contributed by atoms with Crippen LogP contribution in [0, 0.1) is 0 Å². The number of aromatic nitrogens is 2. The number of hydrogen-bond acceptors (Lipinski definition) is 7. The predicted molar refractivity (Wildman–Crippen MR) is 142 cm³/mol. The Kier molecular flexibility index (Phi) is 7.32. The third-order valence-corrected chi connectivity index (χ3v) is 7.62. The molecule has 0 saturated heterocycles. The van der Waals surface area contributed by atoms with Gasteiger partial charge in [0.2, 0.25) is 0 Å². The van der Waals surface area contributed by atoms with Crippen LogP contribution in [0.3, 0.4) is 0 Å². The number of hydrogen-bond donors (Lipinski definition) is 2. The number of thiophene rings is 1. The van der Waals surface area contributed by atoms with Gasteiger partial charge in [-0.15, -0.1) is 11.3 Å². The number of amides is 1. The lowest BCUT2D eigenvalue weighted by atomic mass is 9.96. The first-order valence-corrected chi connectivity index (χ1v) is 13.1. The minimum Gasteiger partial charge on any atom is -0.465 e. The van der Waals surface area contributed by atoms with Gasteiger partial charge in [0, 0.05) is 10.4 Å². The summed E-state index contributed by atoms with van der Waals surface area (Å²) >= 11 is 1.40. The van der Waals surface area contributed by atoms with Crippen LogP contribution in [0.15, 0.2) is 48.5 Å². The predicted octanol–water partition coefficient (Wildman–Crippen LogP) is 5.53. The third-order valence-electron chi connectivity index (χ3n) is 6.41. The van der Waals surface area contributed by atoms with Crippen LogP contribution in [-0.2, 0) is 27.1 Å². The van der Waals surface area contributed by atoms with Gasteiger partial charge in [-0.25, -0.2) is 14.6 Å². The van der Waals surface area contributed by atoms with Crippen LogP contribution in [0.1, 0.15) is 56.8 Å². The number of rotatable bonds is 6. The highest BCUT2D eigenvalue weighted by molar-refractivity contribution is 7.17. The molecular weight excluding hydrogens is 490 g/mol. The number of methoxy groups -OCH3 is 1. The molecule has 0 fully saturated rings. The first-order valence-electron chi connectivity index (χ1n) is 12.3. The Morgan fingerprint density at radius 1 is 1.00 bits per heavy atom. The molecule has 0 radical (unpaired) electrons. The molecule has 0 unspecified atom stereocenters. The lowest BCUT2D eigenvalue weighted by Crippen LogP contribution is -2.21. The van der Waals surface area contributed by atoms with Gasteiger partial charge in [-0.1, -0.05) is 43.2 Å². The molecule has 2 aromatic heterocycles. The van der Waals surface area contributed by atoms with Crippen LogP contribution in [0.4, 0.5) is 5.00 Å². The topological polar surface area (TPSA) is 110 Å². The Labute approximate surface area is 218 Å². The van der Waals surface area contributed by atoms with Gasteiger partial charge in [-0.3, -0.25) is 4.79 Å². The SMILES string of the molecule is COC(=O)c1c(NC(=O)COC(=O)c2ccc3nc(-c4ccccc4)[nH]c3c2)sc2c1CCCCCC2. The number of aromatic amines is 1. The highest BCUT2D eigenvalue weighted by atomic mass is 32.1. The zero-order chi connectivity index (χ0) is 25.8. The van der Waals surface area contributed by atoms with Crippen molar-refractivity contribution in [2.75, 3.05) is 19.0 Å². The van der Waals surface area contributed by atoms with Gasteiger partial charge in [-0.05, 0) is 49.4 Å². The van der Waals surface area contributed by atoms with E-state index in [1.807, 2.05) is 30.3 Å². The maximum Gasteiger partial charge on any atom is 0.341 e. The molecule has 2 heterocycles. The summed E-state index contributed by atoms with van der Waals surface area (Å²) in [5, 5.41) is 3.22. The van der Waals surface area contributed by atoms with E-state index in [9.17, 15) is 14.4 Å². The van der Waals surface area contributed by atoms with Crippen molar-refractivity contribution in [1.29, 1.82) is 0 Å². The highest BCUT2D eigenvalue weighted by Crippen LogP contribution is 2.37. The molecule has 2 N–H and O–H groups in total. The maximum atomic E-state index is 12.7. The van der Waals surface area contributed by atoms with Gasteiger partial charge in [-0.2, -0.15) is 0 Å². The van der Waals surface area contributed by atoms with Gasteiger partial charge in [0.25, 0.3) is 5.91 Å². The molecule has 1 aliphatic carbocycles. The summed E-state index contributed by atoms with van der Waals surface area (Å²) < 4.78 is 10.3. The fourth-order valence-electron chi connectivity index (χ4n) is 4.57. The van der Waals surface area contributed by atoms with Crippen LogP contribution in [-0.4, -0.2) is 41.5 Å². The molecule has 0 saturated carbocycles. The first-order chi connectivity index (χ1) is 18.0. The van der Waals surface area contributed by atoms with Gasteiger partial charge in [0.15, 0.2) is 6.61 Å². The molecule has 1 aliphatic rings. The van der Waals surface area contributed by atoms with Gasteiger partial charge >= 0.3 is 11.9 Å². The number of H-pyrrole nitrogens is 1. The molecule has 0 atom stereocenters. The van der Waals surface area contributed by atoms with Crippen LogP contribution in [0.2, 0.25) is 0 Å². The Hall–Kier alpha value is -3.98. The zero-order valence-electron chi connectivity index (χ0n) is 20.5. The van der Waals surface area contributed by atoms with Crippen LogP contribution in [0.25, 0.3) is 22.4 Å². The average molecular weight is 518 g/mol. The smallest absolute Gasteiger partial charge is 0.341 e. The van der Waals surface area contributed by atoms with Crippen molar-refractivity contribution in [3.63, 3.8) is 0 Å². The number of ether oxygens (including phenoxy) is 2. The Morgan fingerprint density at radius 3 is 2.57 bits per heavy atom. The second-order valence-electron chi connectivity index (χ2n) is 8.92. The molecule has 1 amide bonds. The number of aryl methyl sites for hydroxylation is 1. The van der Waals surface area contributed by atoms with Crippen molar-refractivity contribution in [2.45, 2.75) is 38.5 Å². The molecule has 2 aromatic carbocycles. The van der Waals surface area contributed by atoms with Crippen LogP contribution in [0.5, 0.6) is 0 Å². The van der Waals surface area contributed by atoms with Crippen molar-refractivity contribution < 1.29 is 23.9 Å². The second kappa shape index (κ2) is 11.0. The number of benzene rings is 2. The number of carbonyl (C=O) groups is 3. The van der Waals surface area contributed by atoms with Gasteiger partial charge in [0.1, 0.15) is 10.8 Å². The number of nitrogens with one attached hydrogen (secondary N) is 2.